The van der Waals surface area contributed by atoms with E-state index in [2.05, 4.69) is 5.32 Å². The van der Waals surface area contributed by atoms with Crippen LogP contribution in [0.25, 0.3) is 0 Å². The van der Waals surface area contributed by atoms with Crippen molar-refractivity contribution in [2.24, 2.45) is 17.8 Å². The van der Waals surface area contributed by atoms with Crippen LogP contribution in [0.5, 0.6) is 0 Å². The molecule has 3 heteroatoms. The van der Waals surface area contributed by atoms with E-state index in [1.54, 1.807) is 0 Å². The summed E-state index contributed by atoms with van der Waals surface area (Å²) in [6, 6.07) is 3.82. The standard InChI is InChI=1S/C13H17NOS/c15-13(12-2-1-5-16-12)14-8-11-7-9-3-4-10(11)6-9/h1-2,5,9-11H,3-4,6-8H2,(H,14,15)/t9-,10-,11-/m0/s1. The second kappa shape index (κ2) is 4.21. The maximum Gasteiger partial charge on any atom is 0.261 e. The Hall–Kier alpha value is -0.830. The molecule has 3 rings (SSSR count). The van der Waals surface area contributed by atoms with Crippen molar-refractivity contribution >= 4 is 17.2 Å². The molecular weight excluding hydrogens is 218 g/mol. The number of carbonyl (C=O) groups excluding carboxylic acids is 1. The zero-order valence-electron chi connectivity index (χ0n) is 9.32. The highest BCUT2D eigenvalue weighted by Crippen LogP contribution is 2.47. The van der Waals surface area contributed by atoms with Gasteiger partial charge in [-0.2, -0.15) is 0 Å². The fourth-order valence-corrected chi connectivity index (χ4v) is 3.99. The summed E-state index contributed by atoms with van der Waals surface area (Å²) < 4.78 is 0. The Labute approximate surface area is 100 Å². The summed E-state index contributed by atoms with van der Waals surface area (Å²) in [7, 11) is 0. The molecular formula is C13H17NOS. The Kier molecular flexibility index (Phi) is 2.72. The Balaban J connectivity index is 1.52. The van der Waals surface area contributed by atoms with Crippen LogP contribution in [0.4, 0.5) is 0 Å². The minimum atomic E-state index is 0.109. The largest absolute Gasteiger partial charge is 0.351 e. The fraction of sp³-hybridized carbons (Fsp3) is 0.615. The first-order valence-corrected chi connectivity index (χ1v) is 7.02. The quantitative estimate of drug-likeness (QED) is 0.857. The first kappa shape index (κ1) is 10.3. The predicted octanol–water partition coefficient (Wildman–Crippen LogP) is 2.91. The normalized spacial score (nSPS) is 31.9. The van der Waals surface area contributed by atoms with Gasteiger partial charge in [0, 0.05) is 6.54 Å². The molecule has 0 unspecified atom stereocenters. The van der Waals surface area contributed by atoms with Crippen LogP contribution in [0.3, 0.4) is 0 Å². The van der Waals surface area contributed by atoms with E-state index in [1.807, 2.05) is 17.5 Å². The maximum atomic E-state index is 11.8. The molecule has 0 spiro atoms. The third-order valence-electron chi connectivity index (χ3n) is 4.15. The van der Waals surface area contributed by atoms with E-state index in [0.717, 1.165) is 29.2 Å². The first-order valence-electron chi connectivity index (χ1n) is 6.14. The van der Waals surface area contributed by atoms with Crippen LogP contribution >= 0.6 is 11.3 Å². The van der Waals surface area contributed by atoms with Gasteiger partial charge in [0.25, 0.3) is 5.91 Å². The lowest BCUT2D eigenvalue weighted by Gasteiger charge is -2.21. The Morgan fingerprint density at radius 1 is 1.44 bits per heavy atom. The number of thiophene rings is 1. The van der Waals surface area contributed by atoms with Crippen molar-refractivity contribution < 1.29 is 4.79 Å². The van der Waals surface area contributed by atoms with Gasteiger partial charge < -0.3 is 5.32 Å². The molecule has 16 heavy (non-hydrogen) atoms. The molecule has 1 aromatic heterocycles. The number of nitrogens with one attached hydrogen (secondary N) is 1. The van der Waals surface area contributed by atoms with Gasteiger partial charge in [0.1, 0.15) is 0 Å². The summed E-state index contributed by atoms with van der Waals surface area (Å²) in [5.41, 5.74) is 0. The van der Waals surface area contributed by atoms with Gasteiger partial charge in [0.2, 0.25) is 0 Å². The topological polar surface area (TPSA) is 29.1 Å². The predicted molar refractivity (Wildman–Crippen MR) is 65.6 cm³/mol. The average molecular weight is 235 g/mol. The van der Waals surface area contributed by atoms with E-state index in [0.29, 0.717) is 0 Å². The highest BCUT2D eigenvalue weighted by atomic mass is 32.1. The SMILES string of the molecule is O=C(NC[C@@H]1C[C@H]2CC[C@H]1C2)c1cccs1. The molecule has 1 amide bonds. The Morgan fingerprint density at radius 2 is 2.38 bits per heavy atom. The van der Waals surface area contributed by atoms with Gasteiger partial charge in [-0.3, -0.25) is 4.79 Å². The summed E-state index contributed by atoms with van der Waals surface area (Å²) in [5, 5.41) is 5.03. The van der Waals surface area contributed by atoms with Crippen molar-refractivity contribution in [3.63, 3.8) is 0 Å². The van der Waals surface area contributed by atoms with Crippen molar-refractivity contribution in [2.75, 3.05) is 6.54 Å². The smallest absolute Gasteiger partial charge is 0.261 e. The van der Waals surface area contributed by atoms with Crippen LogP contribution in [-0.2, 0) is 0 Å². The second-order valence-electron chi connectivity index (χ2n) is 5.12. The molecule has 0 radical (unpaired) electrons. The van der Waals surface area contributed by atoms with E-state index in [1.165, 1.54) is 37.0 Å². The van der Waals surface area contributed by atoms with Gasteiger partial charge in [0.15, 0.2) is 0 Å². The van der Waals surface area contributed by atoms with E-state index < -0.39 is 0 Å². The molecule has 1 aromatic rings. The summed E-state index contributed by atoms with van der Waals surface area (Å²) in [6.07, 6.45) is 5.58. The van der Waals surface area contributed by atoms with Gasteiger partial charge in [-0.25, -0.2) is 0 Å². The van der Waals surface area contributed by atoms with E-state index >= 15 is 0 Å². The van der Waals surface area contributed by atoms with Crippen LogP contribution in [0, 0.1) is 17.8 Å². The first-order chi connectivity index (χ1) is 7.83. The third-order valence-corrected chi connectivity index (χ3v) is 5.02. The molecule has 0 aromatic carbocycles. The van der Waals surface area contributed by atoms with E-state index in [-0.39, 0.29) is 5.91 Å². The second-order valence-corrected chi connectivity index (χ2v) is 6.07. The maximum absolute atomic E-state index is 11.8. The van der Waals surface area contributed by atoms with Crippen LogP contribution < -0.4 is 5.32 Å². The van der Waals surface area contributed by atoms with E-state index in [4.69, 9.17) is 0 Å². The number of fused-ring (bicyclic) bond motifs is 2. The molecule has 1 heterocycles. The van der Waals surface area contributed by atoms with Gasteiger partial charge in [-0.15, -0.1) is 11.3 Å². The van der Waals surface area contributed by atoms with Crippen molar-refractivity contribution in [3.8, 4) is 0 Å². The molecule has 86 valence electrons. The molecule has 2 fully saturated rings. The summed E-state index contributed by atoms with van der Waals surface area (Å²) in [4.78, 5) is 12.6. The molecule has 2 nitrogen and oxygen atoms in total. The molecule has 2 bridgehead atoms. The number of hydrogen-bond donors (Lipinski definition) is 1. The molecule has 2 aliphatic carbocycles. The van der Waals surface area contributed by atoms with Crippen molar-refractivity contribution in [1.82, 2.24) is 5.32 Å². The van der Waals surface area contributed by atoms with Crippen molar-refractivity contribution in [1.29, 1.82) is 0 Å². The number of rotatable bonds is 3. The summed E-state index contributed by atoms with van der Waals surface area (Å²) in [5.74, 6) is 2.72. The van der Waals surface area contributed by atoms with Crippen molar-refractivity contribution in [2.45, 2.75) is 25.7 Å². The minimum absolute atomic E-state index is 0.109. The average Bonchev–Trinajstić information content (AvgIpc) is 3.01. The fourth-order valence-electron chi connectivity index (χ4n) is 3.35. The number of amides is 1. The zero-order valence-corrected chi connectivity index (χ0v) is 10.1. The van der Waals surface area contributed by atoms with Crippen LogP contribution in [0.15, 0.2) is 17.5 Å². The monoisotopic (exact) mass is 235 g/mol. The number of hydrogen-bond acceptors (Lipinski definition) is 2. The van der Waals surface area contributed by atoms with Gasteiger partial charge in [0.05, 0.1) is 4.88 Å². The van der Waals surface area contributed by atoms with Gasteiger partial charge in [-0.1, -0.05) is 12.5 Å². The molecule has 1 N–H and O–H groups in total. The minimum Gasteiger partial charge on any atom is -0.351 e. The molecule has 2 aliphatic rings. The highest BCUT2D eigenvalue weighted by Gasteiger charge is 2.39. The Bertz CT molecular complexity index is 373. The highest BCUT2D eigenvalue weighted by molar-refractivity contribution is 7.12. The molecule has 3 atom stereocenters. The molecule has 2 saturated carbocycles. The van der Waals surface area contributed by atoms with Gasteiger partial charge >= 0.3 is 0 Å². The molecule has 0 aliphatic heterocycles. The van der Waals surface area contributed by atoms with Crippen LogP contribution in [0.1, 0.15) is 35.4 Å². The Morgan fingerprint density at radius 3 is 3.00 bits per heavy atom. The van der Waals surface area contributed by atoms with E-state index in [9.17, 15) is 4.79 Å². The lowest BCUT2D eigenvalue weighted by Crippen LogP contribution is -2.31. The molecule has 0 saturated heterocycles. The van der Waals surface area contributed by atoms with Gasteiger partial charge in [-0.05, 0) is 48.5 Å². The lowest BCUT2D eigenvalue weighted by atomic mass is 9.89. The summed E-state index contributed by atoms with van der Waals surface area (Å²) >= 11 is 1.52. The lowest BCUT2D eigenvalue weighted by molar-refractivity contribution is 0.0946. The zero-order chi connectivity index (χ0) is 11.0. The van der Waals surface area contributed by atoms with Crippen LogP contribution in [-0.4, -0.2) is 12.5 Å². The third kappa shape index (κ3) is 1.88. The van der Waals surface area contributed by atoms with Crippen molar-refractivity contribution in [3.05, 3.63) is 22.4 Å². The number of carbonyl (C=O) groups is 1. The summed E-state index contributed by atoms with van der Waals surface area (Å²) in [6.45, 7) is 0.887. The van der Waals surface area contributed by atoms with Crippen LogP contribution in [0.2, 0.25) is 0 Å².